The molecule has 1 aliphatic rings. The summed E-state index contributed by atoms with van der Waals surface area (Å²) in [6, 6.07) is 12.3. The number of nitrogens with one attached hydrogen (secondary N) is 2. The topological polar surface area (TPSA) is 84.5 Å². The molecule has 6 heteroatoms. The molecule has 146 valence electrons. The van der Waals surface area contributed by atoms with Gasteiger partial charge in [-0.3, -0.25) is 9.59 Å². The quantitative estimate of drug-likeness (QED) is 0.749. The van der Waals surface area contributed by atoms with E-state index in [1.165, 1.54) is 0 Å². The Morgan fingerprint density at radius 2 is 1.61 bits per heavy atom. The lowest BCUT2D eigenvalue weighted by molar-refractivity contribution is -0.122. The molecule has 0 saturated heterocycles. The van der Waals surface area contributed by atoms with Gasteiger partial charge in [0.25, 0.3) is 0 Å². The SMILES string of the molecule is CCOC(=O)c1ccc(NC(=O)C2CC2C(=O)Nc2ccc(C)cc2C)cc1. The standard InChI is InChI=1S/C22H24N2O4/c1-4-28-22(27)15-6-8-16(9-7-15)23-20(25)17-12-18(17)21(26)24-19-10-5-13(2)11-14(19)3/h5-11,17-18H,4,12H2,1-3H3,(H,23,25)(H,24,26). The molecule has 1 aliphatic carbocycles. The van der Waals surface area contributed by atoms with Gasteiger partial charge in [0.1, 0.15) is 0 Å². The van der Waals surface area contributed by atoms with Crippen molar-refractivity contribution >= 4 is 29.2 Å². The van der Waals surface area contributed by atoms with Crippen LogP contribution in [0, 0.1) is 25.7 Å². The van der Waals surface area contributed by atoms with Gasteiger partial charge in [0, 0.05) is 11.4 Å². The molecular weight excluding hydrogens is 356 g/mol. The maximum absolute atomic E-state index is 12.4. The van der Waals surface area contributed by atoms with Gasteiger partial charge >= 0.3 is 5.97 Å². The van der Waals surface area contributed by atoms with Crippen LogP contribution in [0.1, 0.15) is 34.8 Å². The number of hydrogen-bond donors (Lipinski definition) is 2. The number of ether oxygens (including phenoxy) is 1. The number of anilines is 2. The first kappa shape index (κ1) is 19.6. The Labute approximate surface area is 164 Å². The monoisotopic (exact) mass is 380 g/mol. The molecule has 28 heavy (non-hydrogen) atoms. The van der Waals surface area contributed by atoms with Crippen molar-refractivity contribution in [2.45, 2.75) is 27.2 Å². The van der Waals surface area contributed by atoms with Crippen LogP contribution in [0.3, 0.4) is 0 Å². The molecule has 0 aromatic heterocycles. The Morgan fingerprint density at radius 1 is 0.964 bits per heavy atom. The second kappa shape index (κ2) is 8.25. The molecule has 1 fully saturated rings. The fourth-order valence-electron chi connectivity index (χ4n) is 3.09. The lowest BCUT2D eigenvalue weighted by Crippen LogP contribution is -2.21. The molecule has 2 N–H and O–H groups in total. The lowest BCUT2D eigenvalue weighted by atomic mass is 10.1. The van der Waals surface area contributed by atoms with Gasteiger partial charge in [0.15, 0.2) is 0 Å². The van der Waals surface area contributed by atoms with E-state index in [-0.39, 0.29) is 23.7 Å². The first-order valence-corrected chi connectivity index (χ1v) is 9.35. The van der Waals surface area contributed by atoms with Crippen molar-refractivity contribution in [3.8, 4) is 0 Å². The molecule has 2 aromatic carbocycles. The highest BCUT2D eigenvalue weighted by Gasteiger charge is 2.48. The number of esters is 1. The third-order valence-corrected chi connectivity index (χ3v) is 4.77. The molecule has 1 saturated carbocycles. The van der Waals surface area contributed by atoms with E-state index in [9.17, 15) is 14.4 Å². The minimum absolute atomic E-state index is 0.134. The third kappa shape index (κ3) is 4.57. The van der Waals surface area contributed by atoms with Crippen LogP contribution in [0.4, 0.5) is 11.4 Å². The van der Waals surface area contributed by atoms with Gasteiger partial charge in [-0.05, 0) is 63.1 Å². The van der Waals surface area contributed by atoms with Crippen molar-refractivity contribution in [3.63, 3.8) is 0 Å². The summed E-state index contributed by atoms with van der Waals surface area (Å²) >= 11 is 0. The molecule has 0 radical (unpaired) electrons. The van der Waals surface area contributed by atoms with E-state index in [0.717, 1.165) is 16.8 Å². The van der Waals surface area contributed by atoms with Crippen LogP contribution in [0.2, 0.25) is 0 Å². The summed E-state index contributed by atoms with van der Waals surface area (Å²) in [7, 11) is 0. The highest BCUT2D eigenvalue weighted by molar-refractivity contribution is 6.03. The number of amides is 2. The predicted octanol–water partition coefficient (Wildman–Crippen LogP) is 3.69. The molecule has 0 aliphatic heterocycles. The minimum atomic E-state index is -0.397. The van der Waals surface area contributed by atoms with Crippen LogP contribution in [-0.2, 0) is 14.3 Å². The molecule has 2 aromatic rings. The summed E-state index contributed by atoms with van der Waals surface area (Å²) in [5.41, 5.74) is 3.91. The van der Waals surface area contributed by atoms with Crippen LogP contribution >= 0.6 is 0 Å². The van der Waals surface area contributed by atoms with E-state index in [4.69, 9.17) is 4.74 Å². The van der Waals surface area contributed by atoms with E-state index in [1.54, 1.807) is 31.2 Å². The van der Waals surface area contributed by atoms with Crippen LogP contribution < -0.4 is 10.6 Å². The van der Waals surface area contributed by atoms with E-state index < -0.39 is 5.97 Å². The summed E-state index contributed by atoms with van der Waals surface area (Å²) in [5, 5.41) is 5.71. The van der Waals surface area contributed by atoms with Crippen molar-refractivity contribution in [1.82, 2.24) is 0 Å². The zero-order chi connectivity index (χ0) is 20.3. The summed E-state index contributed by atoms with van der Waals surface area (Å²) in [4.78, 5) is 36.5. The fraction of sp³-hybridized carbons (Fsp3) is 0.318. The van der Waals surface area contributed by atoms with Gasteiger partial charge in [0.2, 0.25) is 11.8 Å². The van der Waals surface area contributed by atoms with Gasteiger partial charge in [0.05, 0.1) is 24.0 Å². The number of hydrogen-bond acceptors (Lipinski definition) is 4. The van der Waals surface area contributed by atoms with Crippen molar-refractivity contribution < 1.29 is 19.1 Å². The van der Waals surface area contributed by atoms with Crippen molar-refractivity contribution in [2.75, 3.05) is 17.2 Å². The highest BCUT2D eigenvalue weighted by atomic mass is 16.5. The normalized spacial score (nSPS) is 17.5. The highest BCUT2D eigenvalue weighted by Crippen LogP contribution is 2.40. The molecule has 2 amide bonds. The minimum Gasteiger partial charge on any atom is -0.462 e. The predicted molar refractivity (Wildman–Crippen MR) is 107 cm³/mol. The summed E-state index contributed by atoms with van der Waals surface area (Å²) < 4.78 is 4.93. The fourth-order valence-corrected chi connectivity index (χ4v) is 3.09. The van der Waals surface area contributed by atoms with Gasteiger partial charge in [-0.15, -0.1) is 0 Å². The smallest absolute Gasteiger partial charge is 0.338 e. The van der Waals surface area contributed by atoms with E-state index >= 15 is 0 Å². The number of benzene rings is 2. The Kier molecular flexibility index (Phi) is 5.78. The van der Waals surface area contributed by atoms with E-state index in [0.29, 0.717) is 24.3 Å². The zero-order valence-electron chi connectivity index (χ0n) is 16.2. The maximum Gasteiger partial charge on any atom is 0.338 e. The number of rotatable bonds is 6. The maximum atomic E-state index is 12.4. The van der Waals surface area contributed by atoms with Gasteiger partial charge in [-0.1, -0.05) is 17.7 Å². The average molecular weight is 380 g/mol. The van der Waals surface area contributed by atoms with Gasteiger partial charge < -0.3 is 15.4 Å². The van der Waals surface area contributed by atoms with E-state index in [2.05, 4.69) is 10.6 Å². The Bertz CT molecular complexity index is 905. The Balaban J connectivity index is 1.54. The Morgan fingerprint density at radius 3 is 2.21 bits per heavy atom. The van der Waals surface area contributed by atoms with Crippen LogP contribution in [0.15, 0.2) is 42.5 Å². The second-order valence-electron chi connectivity index (χ2n) is 7.04. The summed E-state index contributed by atoms with van der Waals surface area (Å²) in [6.07, 6.45) is 0.531. The number of carbonyl (C=O) groups excluding carboxylic acids is 3. The van der Waals surface area contributed by atoms with Crippen LogP contribution in [0.5, 0.6) is 0 Å². The molecule has 3 rings (SSSR count). The van der Waals surface area contributed by atoms with Crippen molar-refractivity contribution in [1.29, 1.82) is 0 Å². The number of carbonyl (C=O) groups is 3. The van der Waals surface area contributed by atoms with Crippen LogP contribution in [0.25, 0.3) is 0 Å². The molecule has 2 unspecified atom stereocenters. The van der Waals surface area contributed by atoms with E-state index in [1.807, 2.05) is 32.0 Å². The molecule has 0 heterocycles. The summed E-state index contributed by atoms with van der Waals surface area (Å²) in [5.74, 6) is -1.38. The number of aryl methyl sites for hydroxylation is 2. The molecule has 0 bridgehead atoms. The zero-order valence-corrected chi connectivity index (χ0v) is 16.2. The first-order valence-electron chi connectivity index (χ1n) is 9.35. The second-order valence-corrected chi connectivity index (χ2v) is 7.04. The van der Waals surface area contributed by atoms with Gasteiger partial charge in [-0.25, -0.2) is 4.79 Å². The van der Waals surface area contributed by atoms with Crippen molar-refractivity contribution in [2.24, 2.45) is 11.8 Å². The summed E-state index contributed by atoms with van der Waals surface area (Å²) in [6.45, 7) is 6.00. The van der Waals surface area contributed by atoms with Crippen molar-refractivity contribution in [3.05, 3.63) is 59.2 Å². The third-order valence-electron chi connectivity index (χ3n) is 4.77. The molecule has 0 spiro atoms. The van der Waals surface area contributed by atoms with Crippen LogP contribution in [-0.4, -0.2) is 24.4 Å². The molecule has 6 nitrogen and oxygen atoms in total. The lowest BCUT2D eigenvalue weighted by Gasteiger charge is -2.09. The molecule has 2 atom stereocenters. The average Bonchev–Trinajstić information content (AvgIpc) is 3.46. The largest absolute Gasteiger partial charge is 0.462 e. The Hall–Kier alpha value is -3.15. The molecular formula is C22H24N2O4. The van der Waals surface area contributed by atoms with Gasteiger partial charge in [-0.2, -0.15) is 0 Å². The first-order chi connectivity index (χ1) is 13.4.